The van der Waals surface area contributed by atoms with Crippen LogP contribution in [0.1, 0.15) is 63.8 Å². The number of anilines is 12. The first-order valence-corrected chi connectivity index (χ1v) is 39.4. The first-order valence-electron chi connectivity index (χ1n) is 39.4. The summed E-state index contributed by atoms with van der Waals surface area (Å²) in [5.41, 5.74) is 30.8. The van der Waals surface area contributed by atoms with Crippen LogP contribution in [0.4, 0.5) is 68.2 Å². The topological polar surface area (TPSA) is 78.6 Å². The summed E-state index contributed by atoms with van der Waals surface area (Å²) in [7, 11) is 0. The third-order valence-electron chi connectivity index (χ3n) is 23.3. The van der Waals surface area contributed by atoms with Gasteiger partial charge in [-0.2, -0.15) is 10.5 Å². The number of nitriles is 2. The molecule has 2 aliphatic rings. The van der Waals surface area contributed by atoms with Crippen molar-refractivity contribution >= 4 is 135 Å². The molecule has 0 amide bonds. The van der Waals surface area contributed by atoms with Gasteiger partial charge in [-0.3, -0.25) is 0 Å². The van der Waals surface area contributed by atoms with Crippen molar-refractivity contribution in [3.8, 4) is 62.3 Å². The van der Waals surface area contributed by atoms with Crippen molar-refractivity contribution in [1.29, 1.82) is 10.5 Å². The minimum absolute atomic E-state index is 0.155. The quantitative estimate of drug-likeness (QED) is 0.106. The molecule has 20 rings (SSSR count). The van der Waals surface area contributed by atoms with Crippen LogP contribution in [0.25, 0.3) is 93.9 Å². The fourth-order valence-corrected chi connectivity index (χ4v) is 17.8. The van der Waals surface area contributed by atoms with Crippen LogP contribution in [-0.4, -0.2) is 11.3 Å². The number of para-hydroxylation sites is 5. The Morgan fingerprint density at radius 2 is 0.722 bits per heavy atom. The molecule has 2 aromatic heterocycles. The lowest BCUT2D eigenvalue weighted by Crippen LogP contribution is -2.61. The van der Waals surface area contributed by atoms with Crippen molar-refractivity contribution in [2.75, 3.05) is 19.6 Å². The van der Waals surface area contributed by atoms with Gasteiger partial charge in [0.15, 0.2) is 0 Å². The van der Waals surface area contributed by atoms with E-state index in [2.05, 4.69) is 418 Å². The van der Waals surface area contributed by atoms with Crippen molar-refractivity contribution in [1.82, 2.24) is 4.57 Å². The van der Waals surface area contributed by atoms with Crippen LogP contribution >= 0.6 is 0 Å². The Hall–Kier alpha value is -14.6. The average molecular weight is 1480 g/mol. The zero-order valence-corrected chi connectivity index (χ0v) is 64.8. The van der Waals surface area contributed by atoms with E-state index in [-0.39, 0.29) is 10.8 Å². The minimum atomic E-state index is -0.544. The van der Waals surface area contributed by atoms with Gasteiger partial charge in [-0.25, -0.2) is 0 Å². The summed E-state index contributed by atoms with van der Waals surface area (Å²) in [6.45, 7) is 13.3. The van der Waals surface area contributed by atoms with Crippen molar-refractivity contribution in [2.24, 2.45) is 0 Å². The molecule has 2 aliphatic heterocycles. The molecule has 0 unspecified atom stereocenters. The Morgan fingerprint density at radius 1 is 0.330 bits per heavy atom. The van der Waals surface area contributed by atoms with Gasteiger partial charge in [0.1, 0.15) is 11.2 Å². The smallest absolute Gasteiger partial charge is 0.257 e. The molecule has 0 spiro atoms. The van der Waals surface area contributed by atoms with Gasteiger partial charge in [0.05, 0.1) is 62.4 Å². The number of fused-ring (bicyclic) bond motifs is 11. The molecule has 0 atom stereocenters. The van der Waals surface area contributed by atoms with Crippen LogP contribution in [-0.2, 0) is 10.8 Å². The predicted molar refractivity (Wildman–Crippen MR) is 480 cm³/mol. The Kier molecular flexibility index (Phi) is 16.7. The van der Waals surface area contributed by atoms with Gasteiger partial charge >= 0.3 is 0 Å². The van der Waals surface area contributed by atoms with E-state index in [9.17, 15) is 10.5 Å². The number of hydrogen-bond acceptors (Lipinski definition) is 7. The highest BCUT2D eigenvalue weighted by Crippen LogP contribution is 2.57. The largest absolute Gasteiger partial charge is 0.456 e. The molecule has 0 radical (unpaired) electrons. The summed E-state index contributed by atoms with van der Waals surface area (Å²) in [6.07, 6.45) is 0. The third-order valence-corrected chi connectivity index (χ3v) is 23.3. The molecule has 0 saturated carbocycles. The molecule has 0 bridgehead atoms. The van der Waals surface area contributed by atoms with Crippen molar-refractivity contribution < 1.29 is 4.42 Å². The Labute approximate surface area is 670 Å². The van der Waals surface area contributed by atoms with Crippen LogP contribution in [0, 0.1) is 22.7 Å². The standard InChI is InChI=1S/C106H78BN7O/c1-105(2,3)75-51-59-91-88(61-75)89-62-76(106(4,5)6)52-60-92(89)112(91)82-64-95-100-96(65-82)114(103-85(73-33-17-9-18-34-73)44-28-45-86(103)74-35-19-10-20-36-74)97-66-94(111(78-39-23-12-24-40-78)80-55-49-70(68-109)50-56-80)99-87-41-25-26-46-98(87)115-104(99)101(97)107(100)90-58-57-81(110(77-37-21-11-22-38-77)79-53-47-69(67-108)48-54-79)63-93(90)113(95)102-83(71-29-13-7-14-30-71)42-27-43-84(102)72-31-15-8-16-32-72/h7-66H,1-6H3. The highest BCUT2D eigenvalue weighted by atomic mass is 16.3. The van der Waals surface area contributed by atoms with Crippen molar-refractivity contribution in [2.45, 2.75) is 52.4 Å². The number of nitrogens with zero attached hydrogens (tertiary/aromatic N) is 7. The molecule has 0 fully saturated rings. The maximum Gasteiger partial charge on any atom is 0.257 e. The zero-order chi connectivity index (χ0) is 77.8. The van der Waals surface area contributed by atoms with E-state index in [4.69, 9.17) is 4.42 Å². The van der Waals surface area contributed by atoms with Gasteiger partial charge in [0, 0.05) is 89.6 Å². The molecule has 9 heteroatoms. The molecule has 16 aromatic carbocycles. The molecular formula is C106H78BN7O. The summed E-state index contributed by atoms with van der Waals surface area (Å²) >= 11 is 0. The maximum atomic E-state index is 10.5. The number of benzene rings is 16. The van der Waals surface area contributed by atoms with Crippen LogP contribution in [0.2, 0.25) is 0 Å². The highest BCUT2D eigenvalue weighted by molar-refractivity contribution is 7.01. The monoisotopic (exact) mass is 1480 g/mol. The van der Waals surface area contributed by atoms with Gasteiger partial charge in [-0.1, -0.05) is 272 Å². The van der Waals surface area contributed by atoms with Crippen LogP contribution in [0.3, 0.4) is 0 Å². The number of rotatable bonds is 13. The highest BCUT2D eigenvalue weighted by Gasteiger charge is 2.48. The summed E-state index contributed by atoms with van der Waals surface area (Å²) in [5.74, 6) is 0. The van der Waals surface area contributed by atoms with Gasteiger partial charge < -0.3 is 28.6 Å². The molecule has 18 aromatic rings. The number of hydrogen-bond donors (Lipinski definition) is 0. The maximum absolute atomic E-state index is 10.5. The number of furan rings is 1. The van der Waals surface area contributed by atoms with Gasteiger partial charge in [-0.15, -0.1) is 0 Å². The van der Waals surface area contributed by atoms with Gasteiger partial charge in [0.2, 0.25) is 0 Å². The molecule has 0 N–H and O–H groups in total. The summed E-state index contributed by atoms with van der Waals surface area (Å²) in [6, 6.07) is 137. The first kappa shape index (κ1) is 69.5. The predicted octanol–water partition coefficient (Wildman–Crippen LogP) is 26.7. The molecule has 0 saturated heterocycles. The molecule has 8 nitrogen and oxygen atoms in total. The lowest BCUT2D eigenvalue weighted by molar-refractivity contribution is 0.590. The van der Waals surface area contributed by atoms with E-state index in [1.54, 1.807) is 0 Å². The van der Waals surface area contributed by atoms with Gasteiger partial charge in [0.25, 0.3) is 6.71 Å². The van der Waals surface area contributed by atoms with Crippen molar-refractivity contribution in [3.05, 3.63) is 386 Å². The first-order chi connectivity index (χ1) is 56.3. The normalized spacial score (nSPS) is 12.4. The molecule has 546 valence electrons. The van der Waals surface area contributed by atoms with E-state index in [1.807, 2.05) is 24.3 Å². The molecule has 115 heavy (non-hydrogen) atoms. The molecule has 0 aliphatic carbocycles. The Bertz CT molecular complexity index is 6730. The second-order valence-corrected chi connectivity index (χ2v) is 32.2. The van der Waals surface area contributed by atoms with Crippen LogP contribution in [0.15, 0.2) is 368 Å². The molecule has 4 heterocycles. The van der Waals surface area contributed by atoms with Crippen LogP contribution < -0.4 is 36.0 Å². The van der Waals surface area contributed by atoms with Crippen LogP contribution in [0.5, 0.6) is 0 Å². The minimum Gasteiger partial charge on any atom is -0.456 e. The molecular weight excluding hydrogens is 1400 g/mol. The van der Waals surface area contributed by atoms with E-state index in [1.165, 1.54) is 21.9 Å². The fraction of sp³-hybridized carbons (Fsp3) is 0.0755. The second-order valence-electron chi connectivity index (χ2n) is 32.2. The fourth-order valence-electron chi connectivity index (χ4n) is 17.8. The van der Waals surface area contributed by atoms with Crippen molar-refractivity contribution in [3.63, 3.8) is 0 Å². The van der Waals surface area contributed by atoms with E-state index < -0.39 is 6.71 Å². The Balaban J connectivity index is 1.03. The van der Waals surface area contributed by atoms with E-state index in [0.29, 0.717) is 11.1 Å². The number of aromatic nitrogens is 1. The second kappa shape index (κ2) is 27.7. The summed E-state index contributed by atoms with van der Waals surface area (Å²) in [5, 5.41) is 25.1. The van der Waals surface area contributed by atoms with E-state index in [0.717, 1.165) is 168 Å². The Morgan fingerprint density at radius 3 is 1.17 bits per heavy atom. The average Bonchev–Trinajstić information content (AvgIpc) is 1.66. The lowest BCUT2D eigenvalue weighted by Gasteiger charge is -2.46. The lowest BCUT2D eigenvalue weighted by atomic mass is 9.33. The summed E-state index contributed by atoms with van der Waals surface area (Å²) in [4.78, 5) is 9.93. The van der Waals surface area contributed by atoms with E-state index >= 15 is 0 Å². The summed E-state index contributed by atoms with van der Waals surface area (Å²) < 4.78 is 10.5. The third kappa shape index (κ3) is 11.7. The van der Waals surface area contributed by atoms with Gasteiger partial charge in [-0.05, 0) is 194 Å². The zero-order valence-electron chi connectivity index (χ0n) is 64.8. The SMILES string of the molecule is CC(C)(C)c1ccc2c(c1)c1cc(C(C)(C)C)ccc1n2-c1cc2c3c(c1)N(c1c(-c4ccccc4)cccc1-c1ccccc1)c1cc(N(c4ccccc4)c4ccc(C#N)cc4)c4c(oc5ccccc54)c1B3c1ccc(N(c3ccccc3)c3ccc(C#N)cc3)cc1N2c1c(-c2ccccc2)cccc1-c1ccccc1.